The molecular formula is C14H19N. The Morgan fingerprint density at radius 1 is 1.27 bits per heavy atom. The van der Waals surface area contributed by atoms with Crippen LogP contribution in [-0.2, 0) is 0 Å². The number of terminal acetylenes is 1. The molecule has 1 nitrogen and oxygen atoms in total. The zero-order valence-corrected chi connectivity index (χ0v) is 9.96. The van der Waals surface area contributed by atoms with Gasteiger partial charge in [0.25, 0.3) is 0 Å². The minimum Gasteiger partial charge on any atom is -0.297 e. The lowest BCUT2D eigenvalue weighted by Crippen LogP contribution is -2.27. The molecule has 0 heterocycles. The highest BCUT2D eigenvalue weighted by Crippen LogP contribution is 2.18. The fraction of sp³-hybridized carbons (Fsp3) is 0.429. The molecule has 0 aliphatic heterocycles. The van der Waals surface area contributed by atoms with E-state index in [0.717, 1.165) is 0 Å². The predicted octanol–water partition coefficient (Wildman–Crippen LogP) is 2.98. The maximum absolute atomic E-state index is 5.35. The maximum atomic E-state index is 5.35. The minimum atomic E-state index is 0.112. The molecule has 1 aromatic carbocycles. The Hall–Kier alpha value is -1.26. The highest BCUT2D eigenvalue weighted by molar-refractivity contribution is 5.32. The third-order valence-electron chi connectivity index (χ3n) is 2.64. The van der Waals surface area contributed by atoms with E-state index >= 15 is 0 Å². The topological polar surface area (TPSA) is 12.0 Å². The van der Waals surface area contributed by atoms with Gasteiger partial charge in [0.1, 0.15) is 0 Å². The van der Waals surface area contributed by atoms with E-state index < -0.39 is 0 Å². The van der Waals surface area contributed by atoms with Gasteiger partial charge >= 0.3 is 0 Å². The van der Waals surface area contributed by atoms with Crippen molar-refractivity contribution in [3.8, 4) is 12.3 Å². The predicted molar refractivity (Wildman–Crippen MR) is 65.8 cm³/mol. The lowest BCUT2D eigenvalue weighted by Gasteiger charge is -2.19. The van der Waals surface area contributed by atoms with Crippen molar-refractivity contribution in [2.45, 2.75) is 39.8 Å². The Morgan fingerprint density at radius 3 is 2.47 bits per heavy atom. The van der Waals surface area contributed by atoms with Crippen molar-refractivity contribution in [3.05, 3.63) is 34.9 Å². The Balaban J connectivity index is 2.83. The molecule has 1 rings (SSSR count). The smallest absolute Gasteiger partial charge is 0.0662 e. The van der Waals surface area contributed by atoms with E-state index in [-0.39, 0.29) is 6.04 Å². The molecule has 15 heavy (non-hydrogen) atoms. The van der Waals surface area contributed by atoms with Crippen LogP contribution in [0.15, 0.2) is 18.2 Å². The van der Waals surface area contributed by atoms with Gasteiger partial charge in [0.2, 0.25) is 0 Å². The molecule has 0 spiro atoms. The summed E-state index contributed by atoms with van der Waals surface area (Å²) in [6, 6.07) is 6.93. The summed E-state index contributed by atoms with van der Waals surface area (Å²) in [5.74, 6) is 2.69. The van der Waals surface area contributed by atoms with Crippen molar-refractivity contribution in [1.82, 2.24) is 5.32 Å². The van der Waals surface area contributed by atoms with Crippen molar-refractivity contribution in [3.63, 3.8) is 0 Å². The molecule has 2 atom stereocenters. The Labute approximate surface area is 92.9 Å². The summed E-state index contributed by atoms with van der Waals surface area (Å²) in [6.07, 6.45) is 5.35. The van der Waals surface area contributed by atoms with Crippen LogP contribution in [0.1, 0.15) is 36.6 Å². The number of rotatable bonds is 3. The molecule has 80 valence electrons. The minimum absolute atomic E-state index is 0.112. The average molecular weight is 201 g/mol. The molecule has 1 aromatic rings. The molecule has 0 bridgehead atoms. The van der Waals surface area contributed by atoms with Crippen molar-refractivity contribution in [2.24, 2.45) is 0 Å². The molecule has 0 aliphatic carbocycles. The zero-order valence-electron chi connectivity index (χ0n) is 9.96. The molecule has 0 radical (unpaired) electrons. The molecule has 1 N–H and O–H groups in total. The standard InChI is InChI=1S/C14H19N/c1-6-12(4)15-13(5)14-8-7-10(2)9-11(14)3/h1,7-9,12-13,15H,2-5H3. The molecule has 2 unspecified atom stereocenters. The highest BCUT2D eigenvalue weighted by Gasteiger charge is 2.09. The largest absolute Gasteiger partial charge is 0.297 e. The van der Waals surface area contributed by atoms with Gasteiger partial charge in [-0.3, -0.25) is 5.32 Å². The molecule has 0 aliphatic rings. The number of hydrogen-bond donors (Lipinski definition) is 1. The highest BCUT2D eigenvalue weighted by atomic mass is 14.9. The Morgan fingerprint density at radius 2 is 1.93 bits per heavy atom. The summed E-state index contributed by atoms with van der Waals surface area (Å²) in [6.45, 7) is 8.39. The number of nitrogens with one attached hydrogen (secondary N) is 1. The summed E-state index contributed by atoms with van der Waals surface area (Å²) in [5.41, 5.74) is 3.94. The average Bonchev–Trinajstić information content (AvgIpc) is 2.17. The Bertz CT molecular complexity index is 373. The summed E-state index contributed by atoms with van der Waals surface area (Å²) < 4.78 is 0. The van der Waals surface area contributed by atoms with Gasteiger partial charge in [0.05, 0.1) is 6.04 Å². The fourth-order valence-corrected chi connectivity index (χ4v) is 1.82. The monoisotopic (exact) mass is 201 g/mol. The van der Waals surface area contributed by atoms with Crippen molar-refractivity contribution >= 4 is 0 Å². The summed E-state index contributed by atoms with van der Waals surface area (Å²) in [5, 5.41) is 3.37. The van der Waals surface area contributed by atoms with Gasteiger partial charge in [0, 0.05) is 6.04 Å². The van der Waals surface area contributed by atoms with Crippen molar-refractivity contribution < 1.29 is 0 Å². The summed E-state index contributed by atoms with van der Waals surface area (Å²) in [4.78, 5) is 0. The summed E-state index contributed by atoms with van der Waals surface area (Å²) >= 11 is 0. The lowest BCUT2D eigenvalue weighted by molar-refractivity contribution is 0.544. The van der Waals surface area contributed by atoms with E-state index in [2.05, 4.69) is 50.2 Å². The first-order chi connectivity index (χ1) is 7.04. The van der Waals surface area contributed by atoms with Crippen LogP contribution < -0.4 is 5.32 Å². The normalized spacial score (nSPS) is 14.3. The molecule has 0 saturated carbocycles. The van der Waals surface area contributed by atoms with Crippen LogP contribution in [0.4, 0.5) is 0 Å². The first-order valence-corrected chi connectivity index (χ1v) is 5.34. The van der Waals surface area contributed by atoms with Gasteiger partial charge in [-0.15, -0.1) is 6.42 Å². The van der Waals surface area contributed by atoms with Crippen LogP contribution >= 0.6 is 0 Å². The lowest BCUT2D eigenvalue weighted by atomic mass is 10.00. The van der Waals surface area contributed by atoms with Gasteiger partial charge in [0.15, 0.2) is 0 Å². The van der Waals surface area contributed by atoms with Gasteiger partial charge in [-0.05, 0) is 38.8 Å². The van der Waals surface area contributed by atoms with Gasteiger partial charge in [-0.1, -0.05) is 29.7 Å². The third kappa shape index (κ3) is 3.11. The molecular weight excluding hydrogens is 182 g/mol. The molecule has 0 saturated heterocycles. The molecule has 0 amide bonds. The molecule has 0 fully saturated rings. The number of benzene rings is 1. The van der Waals surface area contributed by atoms with E-state index in [9.17, 15) is 0 Å². The maximum Gasteiger partial charge on any atom is 0.0662 e. The van der Waals surface area contributed by atoms with Crippen molar-refractivity contribution in [2.75, 3.05) is 0 Å². The van der Waals surface area contributed by atoms with E-state index in [1.165, 1.54) is 16.7 Å². The van der Waals surface area contributed by atoms with E-state index in [0.29, 0.717) is 6.04 Å². The SMILES string of the molecule is C#CC(C)NC(C)c1ccc(C)cc1C. The first kappa shape index (κ1) is 11.8. The second-order valence-electron chi connectivity index (χ2n) is 4.14. The van der Waals surface area contributed by atoms with Crippen LogP contribution in [0, 0.1) is 26.2 Å². The van der Waals surface area contributed by atoms with Crippen LogP contribution in [0.5, 0.6) is 0 Å². The quantitative estimate of drug-likeness (QED) is 0.741. The van der Waals surface area contributed by atoms with E-state index in [4.69, 9.17) is 6.42 Å². The first-order valence-electron chi connectivity index (χ1n) is 5.34. The van der Waals surface area contributed by atoms with Crippen molar-refractivity contribution in [1.29, 1.82) is 0 Å². The molecule has 1 heteroatoms. The van der Waals surface area contributed by atoms with Gasteiger partial charge in [-0.2, -0.15) is 0 Å². The van der Waals surface area contributed by atoms with E-state index in [1.807, 2.05) is 6.92 Å². The summed E-state index contributed by atoms with van der Waals surface area (Å²) in [7, 11) is 0. The van der Waals surface area contributed by atoms with Crippen LogP contribution in [0.2, 0.25) is 0 Å². The third-order valence-corrected chi connectivity index (χ3v) is 2.64. The fourth-order valence-electron chi connectivity index (χ4n) is 1.82. The van der Waals surface area contributed by atoms with Crippen LogP contribution in [0.3, 0.4) is 0 Å². The van der Waals surface area contributed by atoms with Crippen LogP contribution in [0.25, 0.3) is 0 Å². The number of hydrogen-bond acceptors (Lipinski definition) is 1. The number of aryl methyl sites for hydroxylation is 2. The zero-order chi connectivity index (χ0) is 11.4. The second-order valence-corrected chi connectivity index (χ2v) is 4.14. The van der Waals surface area contributed by atoms with Gasteiger partial charge in [-0.25, -0.2) is 0 Å². The molecule has 0 aromatic heterocycles. The van der Waals surface area contributed by atoms with Crippen LogP contribution in [-0.4, -0.2) is 6.04 Å². The van der Waals surface area contributed by atoms with E-state index in [1.54, 1.807) is 0 Å². The second kappa shape index (κ2) is 5.00. The Kier molecular flexibility index (Phi) is 3.94. The van der Waals surface area contributed by atoms with Gasteiger partial charge < -0.3 is 0 Å².